The Labute approximate surface area is 136 Å². The number of aromatic nitrogens is 1. The number of hydrogen-bond acceptors (Lipinski definition) is 4. The van der Waals surface area contributed by atoms with Gasteiger partial charge >= 0.3 is 5.97 Å². The molecular weight excluding hydrogens is 290 g/mol. The summed E-state index contributed by atoms with van der Waals surface area (Å²) in [5.41, 5.74) is 4.50. The second kappa shape index (κ2) is 6.92. The Kier molecular flexibility index (Phi) is 4.72. The summed E-state index contributed by atoms with van der Waals surface area (Å²) < 4.78 is 5.34. The molecule has 1 saturated heterocycles. The molecule has 0 amide bonds. The number of aryl methyl sites for hydroxylation is 1. The lowest BCUT2D eigenvalue weighted by Gasteiger charge is -2.26. The highest BCUT2D eigenvalue weighted by Crippen LogP contribution is 2.28. The van der Waals surface area contributed by atoms with Gasteiger partial charge in [0.15, 0.2) is 0 Å². The number of carbonyl (C=O) groups excluding carboxylic acids is 1. The van der Waals surface area contributed by atoms with Crippen molar-refractivity contribution in [3.63, 3.8) is 0 Å². The van der Waals surface area contributed by atoms with Crippen molar-refractivity contribution in [3.05, 3.63) is 53.9 Å². The van der Waals surface area contributed by atoms with Gasteiger partial charge in [-0.3, -0.25) is 9.78 Å². The van der Waals surface area contributed by atoms with E-state index >= 15 is 0 Å². The number of cyclic esters (lactones) is 1. The second-order valence-corrected chi connectivity index (χ2v) is 6.03. The van der Waals surface area contributed by atoms with Crippen LogP contribution in [0.25, 0.3) is 11.1 Å². The molecule has 0 radical (unpaired) electrons. The summed E-state index contributed by atoms with van der Waals surface area (Å²) in [5, 5.41) is 9.72. The topological polar surface area (TPSA) is 59.4 Å². The highest BCUT2D eigenvalue weighted by Gasteiger charge is 2.27. The number of esters is 1. The summed E-state index contributed by atoms with van der Waals surface area (Å²) >= 11 is 0. The standard InChI is InChI=1S/C19H21NO3/c1-13-17(8-7-16-11-15(21)12-19(22)23-16)18(9-10-20-13)14-5-3-2-4-6-14/h2-6,9-10,15-16,21H,7-8,11-12H2,1H3/t15-,16-/m1/s1. The zero-order valence-electron chi connectivity index (χ0n) is 13.2. The van der Waals surface area contributed by atoms with Gasteiger partial charge in [0.2, 0.25) is 0 Å². The number of hydrogen-bond donors (Lipinski definition) is 1. The van der Waals surface area contributed by atoms with E-state index in [1.54, 1.807) is 0 Å². The maximum Gasteiger partial charge on any atom is 0.308 e. The van der Waals surface area contributed by atoms with E-state index in [-0.39, 0.29) is 18.5 Å². The smallest absolute Gasteiger partial charge is 0.308 e. The van der Waals surface area contributed by atoms with Crippen molar-refractivity contribution in [2.24, 2.45) is 0 Å². The van der Waals surface area contributed by atoms with Gasteiger partial charge < -0.3 is 9.84 Å². The monoisotopic (exact) mass is 311 g/mol. The quantitative estimate of drug-likeness (QED) is 0.882. The van der Waals surface area contributed by atoms with Crippen molar-refractivity contribution >= 4 is 5.97 Å². The fourth-order valence-corrected chi connectivity index (χ4v) is 3.14. The lowest BCUT2D eigenvalue weighted by Crippen LogP contribution is -2.32. The van der Waals surface area contributed by atoms with Crippen LogP contribution in [-0.2, 0) is 16.0 Å². The van der Waals surface area contributed by atoms with Crippen LogP contribution in [-0.4, -0.2) is 28.3 Å². The molecule has 23 heavy (non-hydrogen) atoms. The summed E-state index contributed by atoms with van der Waals surface area (Å²) in [6, 6.07) is 12.2. The summed E-state index contributed by atoms with van der Waals surface area (Å²) in [6.07, 6.45) is 3.14. The minimum absolute atomic E-state index is 0.109. The molecule has 1 aliphatic rings. The fraction of sp³-hybridized carbons (Fsp3) is 0.368. The average Bonchev–Trinajstić information content (AvgIpc) is 2.53. The molecule has 0 bridgehead atoms. The molecule has 0 spiro atoms. The van der Waals surface area contributed by atoms with Crippen LogP contribution in [0.5, 0.6) is 0 Å². The summed E-state index contributed by atoms with van der Waals surface area (Å²) in [5.74, 6) is -0.306. The van der Waals surface area contributed by atoms with E-state index in [4.69, 9.17) is 4.74 Å². The van der Waals surface area contributed by atoms with Gasteiger partial charge in [0, 0.05) is 18.3 Å². The molecule has 1 aromatic carbocycles. The van der Waals surface area contributed by atoms with Gasteiger partial charge in [-0.05, 0) is 42.5 Å². The first kappa shape index (κ1) is 15.7. The van der Waals surface area contributed by atoms with E-state index in [2.05, 4.69) is 17.1 Å². The molecule has 4 heteroatoms. The third-order valence-corrected chi connectivity index (χ3v) is 4.31. The van der Waals surface area contributed by atoms with Gasteiger partial charge in [0.25, 0.3) is 0 Å². The van der Waals surface area contributed by atoms with Crippen LogP contribution in [0.2, 0.25) is 0 Å². The molecule has 0 saturated carbocycles. The normalized spacial score (nSPS) is 21.0. The van der Waals surface area contributed by atoms with Gasteiger partial charge in [0.1, 0.15) is 6.10 Å². The van der Waals surface area contributed by atoms with E-state index in [9.17, 15) is 9.90 Å². The van der Waals surface area contributed by atoms with Gasteiger partial charge in [-0.25, -0.2) is 0 Å². The van der Waals surface area contributed by atoms with E-state index in [1.807, 2.05) is 37.4 Å². The number of ether oxygens (including phenoxy) is 1. The number of rotatable bonds is 4. The van der Waals surface area contributed by atoms with Crippen molar-refractivity contribution in [1.82, 2.24) is 4.98 Å². The number of pyridine rings is 1. The number of aliphatic hydroxyl groups excluding tert-OH is 1. The van der Waals surface area contributed by atoms with Crippen LogP contribution >= 0.6 is 0 Å². The minimum Gasteiger partial charge on any atom is -0.462 e. The third kappa shape index (κ3) is 3.77. The van der Waals surface area contributed by atoms with Gasteiger partial charge in [-0.2, -0.15) is 0 Å². The van der Waals surface area contributed by atoms with Gasteiger partial charge in [-0.1, -0.05) is 30.3 Å². The summed E-state index contributed by atoms with van der Waals surface area (Å²) in [7, 11) is 0. The third-order valence-electron chi connectivity index (χ3n) is 4.31. The molecule has 1 aromatic heterocycles. The predicted molar refractivity (Wildman–Crippen MR) is 87.9 cm³/mol. The molecule has 120 valence electrons. The molecule has 2 aromatic rings. The zero-order valence-corrected chi connectivity index (χ0v) is 13.2. The molecule has 2 heterocycles. The lowest BCUT2D eigenvalue weighted by molar-refractivity contribution is -0.160. The molecule has 1 N–H and O–H groups in total. The Morgan fingerprint density at radius 1 is 1.26 bits per heavy atom. The first-order valence-corrected chi connectivity index (χ1v) is 8.01. The highest BCUT2D eigenvalue weighted by molar-refractivity contribution is 5.71. The number of benzene rings is 1. The molecule has 0 aliphatic carbocycles. The molecule has 2 atom stereocenters. The largest absolute Gasteiger partial charge is 0.462 e. The van der Waals surface area contributed by atoms with Crippen LogP contribution in [0.1, 0.15) is 30.5 Å². The van der Waals surface area contributed by atoms with Crippen LogP contribution in [0.4, 0.5) is 0 Å². The molecule has 1 aliphatic heterocycles. The zero-order chi connectivity index (χ0) is 16.2. The average molecular weight is 311 g/mol. The number of nitrogens with zero attached hydrogens (tertiary/aromatic N) is 1. The Balaban J connectivity index is 1.79. The Morgan fingerprint density at radius 3 is 2.78 bits per heavy atom. The molecular formula is C19H21NO3. The van der Waals surface area contributed by atoms with Crippen molar-refractivity contribution in [2.45, 2.75) is 44.8 Å². The Morgan fingerprint density at radius 2 is 2.04 bits per heavy atom. The van der Waals surface area contributed by atoms with Crippen molar-refractivity contribution in [3.8, 4) is 11.1 Å². The van der Waals surface area contributed by atoms with E-state index in [1.165, 1.54) is 11.1 Å². The van der Waals surface area contributed by atoms with Crippen LogP contribution in [0.3, 0.4) is 0 Å². The first-order chi connectivity index (χ1) is 11.1. The van der Waals surface area contributed by atoms with E-state index in [0.29, 0.717) is 12.8 Å². The summed E-state index contributed by atoms with van der Waals surface area (Å²) in [6.45, 7) is 2.00. The molecule has 4 nitrogen and oxygen atoms in total. The molecule has 0 unspecified atom stereocenters. The van der Waals surface area contributed by atoms with Crippen molar-refractivity contribution in [1.29, 1.82) is 0 Å². The fourth-order valence-electron chi connectivity index (χ4n) is 3.14. The number of aliphatic hydroxyl groups is 1. The Bertz CT molecular complexity index is 684. The van der Waals surface area contributed by atoms with Crippen molar-refractivity contribution in [2.75, 3.05) is 0 Å². The van der Waals surface area contributed by atoms with Crippen LogP contribution in [0, 0.1) is 6.92 Å². The van der Waals surface area contributed by atoms with Gasteiger partial charge in [-0.15, -0.1) is 0 Å². The summed E-state index contributed by atoms with van der Waals surface area (Å²) in [4.78, 5) is 15.9. The van der Waals surface area contributed by atoms with E-state index < -0.39 is 6.10 Å². The maximum atomic E-state index is 11.5. The second-order valence-electron chi connectivity index (χ2n) is 6.03. The van der Waals surface area contributed by atoms with Gasteiger partial charge in [0.05, 0.1) is 12.5 Å². The highest BCUT2D eigenvalue weighted by atomic mass is 16.5. The predicted octanol–water partition coefficient (Wildman–Crippen LogP) is 3.06. The molecule has 3 rings (SSSR count). The maximum absolute atomic E-state index is 11.5. The number of carbonyl (C=O) groups is 1. The minimum atomic E-state index is -0.579. The first-order valence-electron chi connectivity index (χ1n) is 8.01. The van der Waals surface area contributed by atoms with Crippen molar-refractivity contribution < 1.29 is 14.6 Å². The van der Waals surface area contributed by atoms with Crippen LogP contribution in [0.15, 0.2) is 42.6 Å². The van der Waals surface area contributed by atoms with E-state index in [0.717, 1.165) is 17.7 Å². The Hall–Kier alpha value is -2.20. The lowest BCUT2D eigenvalue weighted by atomic mass is 9.93. The van der Waals surface area contributed by atoms with Crippen LogP contribution < -0.4 is 0 Å². The SMILES string of the molecule is Cc1nccc(-c2ccccc2)c1CC[C@@H]1C[C@@H](O)CC(=O)O1. The molecule has 1 fully saturated rings.